The van der Waals surface area contributed by atoms with Crippen LogP contribution in [0.25, 0.3) is 0 Å². The molecule has 28 heavy (non-hydrogen) atoms. The SMILES string of the molecule is Cc1nc(Cc2ccccc2)ncc1C(=O)N1CCN(c2ccccc2)CC1. The van der Waals surface area contributed by atoms with Crippen LogP contribution < -0.4 is 4.90 Å². The molecule has 142 valence electrons. The van der Waals surface area contributed by atoms with E-state index >= 15 is 0 Å². The lowest BCUT2D eigenvalue weighted by molar-refractivity contribution is 0.0745. The zero-order valence-electron chi connectivity index (χ0n) is 16.1. The zero-order valence-corrected chi connectivity index (χ0v) is 16.1. The second-order valence-corrected chi connectivity index (χ2v) is 7.06. The molecule has 1 fully saturated rings. The van der Waals surface area contributed by atoms with E-state index in [-0.39, 0.29) is 5.91 Å². The molecular weight excluding hydrogens is 348 g/mol. The molecule has 4 rings (SSSR count). The van der Waals surface area contributed by atoms with Crippen LogP contribution in [0.15, 0.2) is 66.9 Å². The Balaban J connectivity index is 1.41. The van der Waals surface area contributed by atoms with Crippen molar-refractivity contribution in [3.05, 3.63) is 89.5 Å². The van der Waals surface area contributed by atoms with Crippen molar-refractivity contribution in [3.8, 4) is 0 Å². The first-order valence-electron chi connectivity index (χ1n) is 9.66. The van der Waals surface area contributed by atoms with Crippen LogP contribution >= 0.6 is 0 Å². The molecule has 0 atom stereocenters. The standard InChI is InChI=1S/C23H24N4O/c1-18-21(17-24-22(25-18)16-19-8-4-2-5-9-19)23(28)27-14-12-26(13-15-27)20-10-6-3-7-11-20/h2-11,17H,12-16H2,1H3. The molecule has 0 saturated carbocycles. The summed E-state index contributed by atoms with van der Waals surface area (Å²) < 4.78 is 0. The Morgan fingerprint density at radius 3 is 2.21 bits per heavy atom. The Morgan fingerprint density at radius 1 is 0.929 bits per heavy atom. The highest BCUT2D eigenvalue weighted by atomic mass is 16.2. The van der Waals surface area contributed by atoms with Gasteiger partial charge < -0.3 is 9.80 Å². The first kappa shape index (κ1) is 18.2. The number of hydrogen-bond acceptors (Lipinski definition) is 4. The van der Waals surface area contributed by atoms with E-state index in [1.807, 2.05) is 48.2 Å². The fraction of sp³-hybridized carbons (Fsp3) is 0.261. The molecule has 5 nitrogen and oxygen atoms in total. The average Bonchev–Trinajstić information content (AvgIpc) is 2.75. The summed E-state index contributed by atoms with van der Waals surface area (Å²) in [5, 5.41) is 0. The predicted molar refractivity (Wildman–Crippen MR) is 111 cm³/mol. The minimum Gasteiger partial charge on any atom is -0.368 e. The van der Waals surface area contributed by atoms with Crippen LogP contribution in [0.2, 0.25) is 0 Å². The predicted octanol–water partition coefficient (Wildman–Crippen LogP) is 3.34. The van der Waals surface area contributed by atoms with Gasteiger partial charge in [-0.25, -0.2) is 9.97 Å². The lowest BCUT2D eigenvalue weighted by Crippen LogP contribution is -2.49. The summed E-state index contributed by atoms with van der Waals surface area (Å²) in [5.74, 6) is 0.769. The van der Waals surface area contributed by atoms with E-state index in [4.69, 9.17) is 0 Å². The van der Waals surface area contributed by atoms with Gasteiger partial charge in [-0.3, -0.25) is 4.79 Å². The van der Waals surface area contributed by atoms with Crippen molar-refractivity contribution in [1.29, 1.82) is 0 Å². The Morgan fingerprint density at radius 2 is 1.57 bits per heavy atom. The van der Waals surface area contributed by atoms with E-state index in [1.165, 1.54) is 5.69 Å². The van der Waals surface area contributed by atoms with Crippen molar-refractivity contribution < 1.29 is 4.79 Å². The van der Waals surface area contributed by atoms with E-state index in [1.54, 1.807) is 6.20 Å². The van der Waals surface area contributed by atoms with E-state index in [0.717, 1.165) is 30.2 Å². The van der Waals surface area contributed by atoms with Gasteiger partial charge in [-0.1, -0.05) is 48.5 Å². The third kappa shape index (κ3) is 4.03. The van der Waals surface area contributed by atoms with Gasteiger partial charge in [-0.05, 0) is 24.6 Å². The molecule has 0 unspecified atom stereocenters. The molecule has 1 aliphatic heterocycles. The summed E-state index contributed by atoms with van der Waals surface area (Å²) in [6.07, 6.45) is 2.36. The van der Waals surface area contributed by atoms with Gasteiger partial charge in [0.05, 0.1) is 11.3 Å². The van der Waals surface area contributed by atoms with E-state index in [0.29, 0.717) is 25.1 Å². The second kappa shape index (κ2) is 8.21. The number of benzene rings is 2. The van der Waals surface area contributed by atoms with Gasteiger partial charge in [0, 0.05) is 44.5 Å². The van der Waals surface area contributed by atoms with Gasteiger partial charge in [0.1, 0.15) is 5.82 Å². The van der Waals surface area contributed by atoms with Gasteiger partial charge >= 0.3 is 0 Å². The van der Waals surface area contributed by atoms with Crippen LogP contribution in [0, 0.1) is 6.92 Å². The molecule has 1 aliphatic rings. The lowest BCUT2D eigenvalue weighted by Gasteiger charge is -2.36. The Labute approximate surface area is 165 Å². The second-order valence-electron chi connectivity index (χ2n) is 7.06. The highest BCUT2D eigenvalue weighted by molar-refractivity contribution is 5.95. The third-order valence-corrected chi connectivity index (χ3v) is 5.15. The monoisotopic (exact) mass is 372 g/mol. The summed E-state index contributed by atoms with van der Waals surface area (Å²) >= 11 is 0. The fourth-order valence-corrected chi connectivity index (χ4v) is 3.57. The number of aromatic nitrogens is 2. The maximum Gasteiger partial charge on any atom is 0.257 e. The number of piperazine rings is 1. The van der Waals surface area contributed by atoms with Crippen molar-refractivity contribution in [2.45, 2.75) is 13.3 Å². The Kier molecular flexibility index (Phi) is 5.33. The minimum absolute atomic E-state index is 0.0245. The van der Waals surface area contributed by atoms with Gasteiger partial charge in [0.25, 0.3) is 5.91 Å². The number of carbonyl (C=O) groups excluding carboxylic acids is 1. The molecule has 1 aromatic heterocycles. The van der Waals surface area contributed by atoms with Crippen molar-refractivity contribution in [2.75, 3.05) is 31.1 Å². The molecule has 5 heteroatoms. The quantitative estimate of drug-likeness (QED) is 0.705. The number of nitrogens with zero attached hydrogens (tertiary/aromatic N) is 4. The van der Waals surface area contributed by atoms with Crippen LogP contribution in [0.4, 0.5) is 5.69 Å². The van der Waals surface area contributed by atoms with Gasteiger partial charge in [0.2, 0.25) is 0 Å². The van der Waals surface area contributed by atoms with Crippen molar-refractivity contribution in [2.24, 2.45) is 0 Å². The van der Waals surface area contributed by atoms with Crippen LogP contribution in [-0.4, -0.2) is 47.0 Å². The number of carbonyl (C=O) groups is 1. The molecule has 2 aromatic carbocycles. The van der Waals surface area contributed by atoms with E-state index < -0.39 is 0 Å². The van der Waals surface area contributed by atoms with E-state index in [9.17, 15) is 4.79 Å². The maximum atomic E-state index is 13.0. The zero-order chi connectivity index (χ0) is 19.3. The summed E-state index contributed by atoms with van der Waals surface area (Å²) in [7, 11) is 0. The van der Waals surface area contributed by atoms with Crippen LogP contribution in [0.5, 0.6) is 0 Å². The minimum atomic E-state index is 0.0245. The number of amides is 1. The molecule has 0 spiro atoms. The first-order chi connectivity index (χ1) is 13.7. The normalized spacial score (nSPS) is 14.2. The summed E-state index contributed by atoms with van der Waals surface area (Å²) in [5.41, 5.74) is 3.72. The fourth-order valence-electron chi connectivity index (χ4n) is 3.57. The first-order valence-corrected chi connectivity index (χ1v) is 9.66. The molecule has 0 bridgehead atoms. The number of para-hydroxylation sites is 1. The highest BCUT2D eigenvalue weighted by Gasteiger charge is 2.24. The number of aryl methyl sites for hydroxylation is 1. The summed E-state index contributed by atoms with van der Waals surface area (Å²) in [6.45, 7) is 4.98. The summed E-state index contributed by atoms with van der Waals surface area (Å²) in [4.78, 5) is 26.2. The Hall–Kier alpha value is -3.21. The van der Waals surface area contributed by atoms with E-state index in [2.05, 4.69) is 39.1 Å². The van der Waals surface area contributed by atoms with Gasteiger partial charge in [-0.2, -0.15) is 0 Å². The van der Waals surface area contributed by atoms with Crippen molar-refractivity contribution in [1.82, 2.24) is 14.9 Å². The maximum absolute atomic E-state index is 13.0. The largest absolute Gasteiger partial charge is 0.368 e. The molecule has 2 heterocycles. The molecule has 3 aromatic rings. The lowest BCUT2D eigenvalue weighted by atomic mass is 10.1. The third-order valence-electron chi connectivity index (χ3n) is 5.15. The highest BCUT2D eigenvalue weighted by Crippen LogP contribution is 2.17. The number of rotatable bonds is 4. The molecule has 0 aliphatic carbocycles. The molecule has 1 saturated heterocycles. The van der Waals surface area contributed by atoms with Crippen LogP contribution in [-0.2, 0) is 6.42 Å². The van der Waals surface area contributed by atoms with Crippen molar-refractivity contribution in [3.63, 3.8) is 0 Å². The summed E-state index contributed by atoms with van der Waals surface area (Å²) in [6, 6.07) is 20.5. The van der Waals surface area contributed by atoms with Gasteiger partial charge in [0.15, 0.2) is 0 Å². The molecule has 1 amide bonds. The Bertz CT molecular complexity index is 935. The molecular formula is C23H24N4O. The molecule has 0 radical (unpaired) electrons. The van der Waals surface area contributed by atoms with Crippen molar-refractivity contribution >= 4 is 11.6 Å². The number of hydrogen-bond donors (Lipinski definition) is 0. The average molecular weight is 372 g/mol. The van der Waals surface area contributed by atoms with Crippen LogP contribution in [0.3, 0.4) is 0 Å². The van der Waals surface area contributed by atoms with Gasteiger partial charge in [-0.15, -0.1) is 0 Å². The molecule has 0 N–H and O–H groups in total. The number of anilines is 1. The topological polar surface area (TPSA) is 49.3 Å². The smallest absolute Gasteiger partial charge is 0.257 e. The van der Waals surface area contributed by atoms with Crippen LogP contribution in [0.1, 0.15) is 27.4 Å².